The van der Waals surface area contributed by atoms with E-state index in [1.54, 1.807) is 11.8 Å². The van der Waals surface area contributed by atoms with Gasteiger partial charge in [-0.25, -0.2) is 4.79 Å². The normalized spacial score (nSPS) is 21.9. The van der Waals surface area contributed by atoms with Gasteiger partial charge in [0.15, 0.2) is 5.82 Å². The van der Waals surface area contributed by atoms with E-state index >= 15 is 0 Å². The number of aromatic nitrogens is 2. The highest BCUT2D eigenvalue weighted by atomic mass is 16.5. The van der Waals surface area contributed by atoms with E-state index in [-0.39, 0.29) is 17.5 Å². The molecule has 1 aliphatic carbocycles. The van der Waals surface area contributed by atoms with Crippen LogP contribution >= 0.6 is 0 Å². The molecule has 1 aliphatic heterocycles. The third kappa shape index (κ3) is 2.77. The largest absolute Gasteiger partial charge is 0.379 e. The highest BCUT2D eigenvalue weighted by Crippen LogP contribution is 2.40. The number of nitrogens with zero attached hydrogens (tertiary/aromatic N) is 3. The minimum Gasteiger partial charge on any atom is -0.379 e. The average Bonchev–Trinajstić information content (AvgIpc) is 2.96. The molecule has 3 rings (SSSR count). The van der Waals surface area contributed by atoms with Crippen molar-refractivity contribution in [3.05, 3.63) is 5.82 Å². The van der Waals surface area contributed by atoms with Crippen LogP contribution in [0.5, 0.6) is 0 Å². The lowest BCUT2D eigenvalue weighted by molar-refractivity contribution is 0.0718. The average molecular weight is 280 g/mol. The zero-order valence-corrected chi connectivity index (χ0v) is 11.7. The molecule has 0 atom stereocenters. The number of amides is 2. The Morgan fingerprint density at radius 3 is 2.90 bits per heavy atom. The van der Waals surface area contributed by atoms with Gasteiger partial charge in [0.2, 0.25) is 0 Å². The molecule has 1 aromatic rings. The second-order valence-corrected chi connectivity index (χ2v) is 5.76. The number of carbonyl (C=O) groups is 1. The Labute approximate surface area is 117 Å². The van der Waals surface area contributed by atoms with Gasteiger partial charge >= 0.3 is 12.0 Å². The molecule has 2 aliphatic rings. The molecule has 0 radical (unpaired) electrons. The lowest BCUT2D eigenvalue weighted by atomic mass is 9.87. The molecule has 2 heterocycles. The van der Waals surface area contributed by atoms with Gasteiger partial charge in [-0.1, -0.05) is 18.0 Å². The summed E-state index contributed by atoms with van der Waals surface area (Å²) >= 11 is 0. The maximum atomic E-state index is 12.3. The number of hydrogen-bond donors (Lipinski definition) is 1. The summed E-state index contributed by atoms with van der Waals surface area (Å²) in [6.45, 7) is 4.40. The van der Waals surface area contributed by atoms with Crippen molar-refractivity contribution >= 4 is 12.0 Å². The number of ether oxygens (including phenoxy) is 1. The maximum absolute atomic E-state index is 12.3. The summed E-state index contributed by atoms with van der Waals surface area (Å²) in [5, 5.41) is 6.32. The van der Waals surface area contributed by atoms with Gasteiger partial charge in [0, 0.05) is 18.5 Å². The van der Waals surface area contributed by atoms with Crippen molar-refractivity contribution in [3.8, 4) is 0 Å². The Kier molecular flexibility index (Phi) is 3.60. The van der Waals surface area contributed by atoms with Crippen molar-refractivity contribution in [3.63, 3.8) is 0 Å². The van der Waals surface area contributed by atoms with E-state index in [2.05, 4.69) is 15.5 Å². The van der Waals surface area contributed by atoms with Gasteiger partial charge in [0.05, 0.1) is 13.2 Å². The van der Waals surface area contributed by atoms with E-state index in [1.165, 1.54) is 12.8 Å². The first-order valence-electron chi connectivity index (χ1n) is 7.11. The van der Waals surface area contributed by atoms with Crippen LogP contribution in [-0.2, 0) is 4.74 Å². The summed E-state index contributed by atoms with van der Waals surface area (Å²) in [5.41, 5.74) is 0.137. The molecule has 1 saturated heterocycles. The summed E-state index contributed by atoms with van der Waals surface area (Å²) in [5.74, 6) is 0.506. The fraction of sp³-hybridized carbons (Fsp3) is 0.769. The lowest BCUT2D eigenvalue weighted by Gasteiger charge is -2.31. The first-order chi connectivity index (χ1) is 9.67. The fourth-order valence-electron chi connectivity index (χ4n) is 3.11. The van der Waals surface area contributed by atoms with E-state index in [0.717, 1.165) is 26.0 Å². The second-order valence-electron chi connectivity index (χ2n) is 5.76. The molecule has 2 fully saturated rings. The maximum Gasteiger partial charge on any atom is 0.329 e. The summed E-state index contributed by atoms with van der Waals surface area (Å²) in [4.78, 5) is 18.1. The number of hydrogen-bond acceptors (Lipinski definition) is 5. The first kappa shape index (κ1) is 13.4. The van der Waals surface area contributed by atoms with Crippen LogP contribution in [0.1, 0.15) is 31.5 Å². The van der Waals surface area contributed by atoms with Crippen molar-refractivity contribution in [1.82, 2.24) is 15.0 Å². The smallest absolute Gasteiger partial charge is 0.329 e. The molecule has 0 unspecified atom stereocenters. The van der Waals surface area contributed by atoms with Crippen molar-refractivity contribution in [2.45, 2.75) is 32.6 Å². The van der Waals surface area contributed by atoms with Crippen LogP contribution in [0.2, 0.25) is 0 Å². The molecule has 20 heavy (non-hydrogen) atoms. The van der Waals surface area contributed by atoms with Gasteiger partial charge in [-0.2, -0.15) is 4.98 Å². The van der Waals surface area contributed by atoms with E-state index in [0.29, 0.717) is 19.0 Å². The van der Waals surface area contributed by atoms with Crippen molar-refractivity contribution < 1.29 is 14.1 Å². The molecule has 0 bridgehead atoms. The highest BCUT2D eigenvalue weighted by molar-refractivity contribution is 5.87. The van der Waals surface area contributed by atoms with Crippen LogP contribution in [0, 0.1) is 12.3 Å². The van der Waals surface area contributed by atoms with Crippen molar-refractivity contribution in [2.24, 2.45) is 5.41 Å². The van der Waals surface area contributed by atoms with Crippen LogP contribution < -0.4 is 5.32 Å². The van der Waals surface area contributed by atoms with Crippen LogP contribution in [0.25, 0.3) is 0 Å². The van der Waals surface area contributed by atoms with Crippen molar-refractivity contribution in [2.75, 3.05) is 31.6 Å². The zero-order valence-electron chi connectivity index (χ0n) is 11.7. The molecular weight excluding hydrogens is 260 g/mol. The van der Waals surface area contributed by atoms with Crippen molar-refractivity contribution in [1.29, 1.82) is 0 Å². The summed E-state index contributed by atoms with van der Waals surface area (Å²) in [6.07, 6.45) is 4.72. The monoisotopic (exact) mass is 280 g/mol. The number of carbonyl (C=O) groups excluding carboxylic acids is 1. The summed E-state index contributed by atoms with van der Waals surface area (Å²) < 4.78 is 10.6. The van der Waals surface area contributed by atoms with Crippen LogP contribution in [-0.4, -0.2) is 47.4 Å². The molecule has 1 saturated carbocycles. The Balaban J connectivity index is 1.66. The van der Waals surface area contributed by atoms with E-state index in [4.69, 9.17) is 9.26 Å². The molecule has 1 aromatic heterocycles. The van der Waals surface area contributed by atoms with E-state index in [9.17, 15) is 4.79 Å². The Bertz CT molecular complexity index is 482. The Morgan fingerprint density at radius 1 is 1.40 bits per heavy atom. The number of nitrogens with one attached hydrogen (secondary N) is 1. The number of aryl methyl sites for hydroxylation is 1. The van der Waals surface area contributed by atoms with E-state index in [1.807, 2.05) is 0 Å². The van der Waals surface area contributed by atoms with Gasteiger partial charge in [0.1, 0.15) is 0 Å². The molecule has 110 valence electrons. The third-order valence-corrected chi connectivity index (χ3v) is 4.13. The van der Waals surface area contributed by atoms with E-state index < -0.39 is 0 Å². The number of anilines is 1. The highest BCUT2D eigenvalue weighted by Gasteiger charge is 2.38. The number of rotatable bonds is 1. The molecule has 1 N–H and O–H groups in total. The molecule has 7 nitrogen and oxygen atoms in total. The predicted molar refractivity (Wildman–Crippen MR) is 71.3 cm³/mol. The number of urea groups is 1. The van der Waals surface area contributed by atoms with Crippen LogP contribution in [0.15, 0.2) is 4.52 Å². The van der Waals surface area contributed by atoms with Gasteiger partial charge in [-0.15, -0.1) is 0 Å². The standard InChI is InChI=1S/C13H20N4O3/c1-10-14-11(20-16-10)15-12(18)17-6-7-19-9-13(8-17)4-2-3-5-13/h2-9H2,1H3,(H,14,15,16,18). The quantitative estimate of drug-likeness (QED) is 0.848. The molecule has 1 spiro atoms. The predicted octanol–water partition coefficient (Wildman–Crippen LogP) is 1.80. The molecular formula is C13H20N4O3. The summed E-state index contributed by atoms with van der Waals surface area (Å²) in [6, 6.07) is -0.0384. The minimum atomic E-state index is -0.189. The first-order valence-corrected chi connectivity index (χ1v) is 7.11. The zero-order chi connectivity index (χ0) is 14.0. The fourth-order valence-corrected chi connectivity index (χ4v) is 3.11. The second kappa shape index (κ2) is 5.40. The van der Waals surface area contributed by atoms with Gasteiger partial charge in [-0.3, -0.25) is 5.32 Å². The Morgan fingerprint density at radius 2 is 2.20 bits per heavy atom. The Hall–Kier alpha value is -1.63. The molecule has 2 amide bonds. The third-order valence-electron chi connectivity index (χ3n) is 4.13. The minimum absolute atomic E-state index is 0.137. The van der Waals surface area contributed by atoms with Crippen LogP contribution in [0.3, 0.4) is 0 Å². The van der Waals surface area contributed by atoms with Gasteiger partial charge in [0.25, 0.3) is 0 Å². The van der Waals surface area contributed by atoms with Gasteiger partial charge < -0.3 is 14.2 Å². The van der Waals surface area contributed by atoms with Crippen LogP contribution in [0.4, 0.5) is 10.8 Å². The SMILES string of the molecule is Cc1noc(NC(=O)N2CCOCC3(CCCC3)C2)n1. The molecule has 7 heteroatoms. The van der Waals surface area contributed by atoms with Gasteiger partial charge in [-0.05, 0) is 19.8 Å². The molecule has 0 aromatic carbocycles. The topological polar surface area (TPSA) is 80.5 Å². The summed E-state index contributed by atoms with van der Waals surface area (Å²) in [7, 11) is 0. The lowest BCUT2D eigenvalue weighted by Crippen LogP contribution is -2.42.